The van der Waals surface area contributed by atoms with Crippen molar-refractivity contribution >= 4 is 0 Å². The van der Waals surface area contributed by atoms with E-state index in [4.69, 9.17) is 0 Å². The molecule has 0 aromatic heterocycles. The highest BCUT2D eigenvalue weighted by molar-refractivity contribution is 5.77. The predicted molar refractivity (Wildman–Crippen MR) is 111 cm³/mol. The second kappa shape index (κ2) is 7.51. The first-order chi connectivity index (χ1) is 13.8. The Labute approximate surface area is 166 Å². The minimum atomic E-state index is -0.370. The molecular weight excluding hydrogens is 344 g/mol. The van der Waals surface area contributed by atoms with Crippen molar-refractivity contribution in [1.29, 1.82) is 0 Å². The molecule has 3 nitrogen and oxygen atoms in total. The third-order valence-electron chi connectivity index (χ3n) is 6.51. The van der Waals surface area contributed by atoms with Crippen molar-refractivity contribution in [2.45, 2.75) is 12.1 Å². The van der Waals surface area contributed by atoms with E-state index >= 15 is 0 Å². The summed E-state index contributed by atoms with van der Waals surface area (Å²) < 4.78 is 0. The van der Waals surface area contributed by atoms with Gasteiger partial charge in [0.25, 0.3) is 0 Å². The van der Waals surface area contributed by atoms with Gasteiger partial charge in [-0.05, 0) is 16.7 Å². The van der Waals surface area contributed by atoms with E-state index in [0.29, 0.717) is 6.04 Å². The minimum Gasteiger partial charge on any atom is -0.382 e. The number of nitrogens with one attached hydrogen (secondary N) is 2. The Hall–Kier alpha value is -2.46. The van der Waals surface area contributed by atoms with Crippen LogP contribution in [0.25, 0.3) is 11.1 Å². The first-order valence-electron chi connectivity index (χ1n) is 10.4. The van der Waals surface area contributed by atoms with Gasteiger partial charge in [0, 0.05) is 11.1 Å². The van der Waals surface area contributed by atoms with E-state index in [9.17, 15) is 5.11 Å². The lowest BCUT2D eigenvalue weighted by molar-refractivity contribution is -1.02. The Morgan fingerprint density at radius 3 is 1.86 bits per heavy atom. The van der Waals surface area contributed by atoms with Gasteiger partial charge in [0.05, 0.1) is 0 Å². The highest BCUT2D eigenvalue weighted by Gasteiger charge is 2.38. The maximum atomic E-state index is 10.6. The van der Waals surface area contributed by atoms with Crippen LogP contribution < -0.4 is 9.80 Å². The molecular formula is C25H28N2O+2. The molecule has 0 bridgehead atoms. The van der Waals surface area contributed by atoms with Crippen LogP contribution in [0.2, 0.25) is 0 Å². The van der Waals surface area contributed by atoms with Crippen LogP contribution in [0.4, 0.5) is 0 Å². The van der Waals surface area contributed by atoms with Gasteiger partial charge >= 0.3 is 0 Å². The van der Waals surface area contributed by atoms with Crippen molar-refractivity contribution in [2.24, 2.45) is 0 Å². The molecule has 1 aliphatic heterocycles. The average molecular weight is 373 g/mol. The topological polar surface area (TPSA) is 29.1 Å². The number of aliphatic hydroxyl groups is 1. The zero-order valence-electron chi connectivity index (χ0n) is 16.1. The molecule has 1 atom stereocenters. The molecule has 3 aromatic carbocycles. The Morgan fingerprint density at radius 1 is 0.714 bits per heavy atom. The standard InChI is InChI=1S/C25H26N2O/c28-24(19-8-2-1-3-9-19)18-26-14-16-27(17-15-26)25-22-12-6-4-10-20(22)21-11-5-7-13-23(21)25/h1-13,24-25,28H,14-18H2/p+2/t24-/m0/s1. The number of benzene rings is 3. The zero-order valence-corrected chi connectivity index (χ0v) is 16.1. The van der Waals surface area contributed by atoms with Crippen LogP contribution in [0.15, 0.2) is 78.9 Å². The number of hydrogen-bond donors (Lipinski definition) is 3. The summed E-state index contributed by atoms with van der Waals surface area (Å²) in [6.45, 7) is 5.31. The fourth-order valence-corrected chi connectivity index (χ4v) is 5.08. The molecule has 0 radical (unpaired) electrons. The lowest BCUT2D eigenvalue weighted by Crippen LogP contribution is -3.28. The van der Waals surface area contributed by atoms with Gasteiger partial charge < -0.3 is 14.9 Å². The van der Waals surface area contributed by atoms with Gasteiger partial charge in [-0.1, -0.05) is 78.9 Å². The molecule has 5 rings (SSSR count). The largest absolute Gasteiger partial charge is 0.382 e. The van der Waals surface area contributed by atoms with E-state index < -0.39 is 0 Å². The van der Waals surface area contributed by atoms with Crippen LogP contribution in [0.3, 0.4) is 0 Å². The minimum absolute atomic E-state index is 0.370. The molecule has 3 heteroatoms. The molecule has 28 heavy (non-hydrogen) atoms. The zero-order chi connectivity index (χ0) is 18.9. The summed E-state index contributed by atoms with van der Waals surface area (Å²) >= 11 is 0. The third-order valence-corrected chi connectivity index (χ3v) is 6.51. The number of rotatable bonds is 4. The third kappa shape index (κ3) is 3.16. The molecule has 142 valence electrons. The van der Waals surface area contributed by atoms with Crippen molar-refractivity contribution in [3.63, 3.8) is 0 Å². The number of fused-ring (bicyclic) bond motifs is 3. The van der Waals surface area contributed by atoms with Gasteiger partial charge in [0.2, 0.25) is 0 Å². The van der Waals surface area contributed by atoms with Gasteiger partial charge in [0.15, 0.2) is 0 Å². The normalized spacial score (nSPS) is 22.5. The Morgan fingerprint density at radius 2 is 1.25 bits per heavy atom. The van der Waals surface area contributed by atoms with Gasteiger partial charge in [0.1, 0.15) is 44.9 Å². The summed E-state index contributed by atoms with van der Waals surface area (Å²) in [5.74, 6) is 0. The Kier molecular flexibility index (Phi) is 4.73. The van der Waals surface area contributed by atoms with E-state index in [0.717, 1.165) is 38.3 Å². The summed E-state index contributed by atoms with van der Waals surface area (Å²) in [6.07, 6.45) is -0.370. The number of quaternary nitrogens is 2. The molecule has 0 spiro atoms. The fourth-order valence-electron chi connectivity index (χ4n) is 5.08. The van der Waals surface area contributed by atoms with Gasteiger partial charge in [-0.2, -0.15) is 0 Å². The molecule has 1 fully saturated rings. The average Bonchev–Trinajstić information content (AvgIpc) is 3.09. The molecule has 2 aliphatic rings. The summed E-state index contributed by atoms with van der Waals surface area (Å²) in [4.78, 5) is 3.18. The van der Waals surface area contributed by atoms with Crippen LogP contribution in [0.1, 0.15) is 28.8 Å². The first kappa shape index (κ1) is 17.6. The monoisotopic (exact) mass is 372 g/mol. The molecule has 1 heterocycles. The van der Waals surface area contributed by atoms with Crippen molar-refractivity contribution in [3.05, 3.63) is 95.6 Å². The number of aliphatic hydroxyl groups excluding tert-OH is 1. The molecule has 3 N–H and O–H groups in total. The van der Waals surface area contributed by atoms with Crippen molar-refractivity contribution in [1.82, 2.24) is 0 Å². The lowest BCUT2D eigenvalue weighted by atomic mass is 10.0. The Bertz CT molecular complexity index is 902. The maximum Gasteiger partial charge on any atom is 0.140 e. The summed E-state index contributed by atoms with van der Waals surface area (Å²) in [5.41, 5.74) is 6.80. The lowest BCUT2D eigenvalue weighted by Gasteiger charge is -2.34. The second-order valence-corrected chi connectivity index (χ2v) is 8.15. The SMILES string of the molecule is O[C@@H](C[NH+]1CC[NH+](C2c3ccccc3-c3ccccc32)CC1)c1ccccc1. The molecule has 1 aliphatic carbocycles. The Balaban J connectivity index is 1.30. The quantitative estimate of drug-likeness (QED) is 0.633. The van der Waals surface area contributed by atoms with Crippen LogP contribution in [-0.4, -0.2) is 37.8 Å². The van der Waals surface area contributed by atoms with Crippen molar-refractivity contribution in [3.8, 4) is 11.1 Å². The molecule has 0 saturated carbocycles. The van der Waals surface area contributed by atoms with Gasteiger partial charge in [-0.25, -0.2) is 0 Å². The summed E-state index contributed by atoms with van der Waals surface area (Å²) in [6, 6.07) is 28.3. The second-order valence-electron chi connectivity index (χ2n) is 8.15. The highest BCUT2D eigenvalue weighted by Crippen LogP contribution is 2.41. The van der Waals surface area contributed by atoms with Gasteiger partial charge in [-0.3, -0.25) is 0 Å². The van der Waals surface area contributed by atoms with Crippen LogP contribution in [0.5, 0.6) is 0 Å². The summed E-state index contributed by atoms with van der Waals surface area (Å²) in [7, 11) is 0. The van der Waals surface area contributed by atoms with Crippen molar-refractivity contribution < 1.29 is 14.9 Å². The molecule has 0 unspecified atom stereocenters. The van der Waals surface area contributed by atoms with E-state index in [1.54, 1.807) is 4.90 Å². The number of hydrogen-bond acceptors (Lipinski definition) is 1. The molecule has 0 amide bonds. The van der Waals surface area contributed by atoms with E-state index in [-0.39, 0.29) is 6.10 Å². The highest BCUT2D eigenvalue weighted by atomic mass is 16.3. The predicted octanol–water partition coefficient (Wildman–Crippen LogP) is 1.27. The van der Waals surface area contributed by atoms with E-state index in [1.807, 2.05) is 30.3 Å². The smallest absolute Gasteiger partial charge is 0.140 e. The van der Waals surface area contributed by atoms with Crippen LogP contribution >= 0.6 is 0 Å². The first-order valence-corrected chi connectivity index (χ1v) is 10.4. The number of piperazine rings is 1. The summed E-state index contributed by atoms with van der Waals surface area (Å²) in [5, 5.41) is 10.6. The maximum absolute atomic E-state index is 10.6. The van der Waals surface area contributed by atoms with E-state index in [2.05, 4.69) is 48.5 Å². The fraction of sp³-hybridized carbons (Fsp3) is 0.280. The van der Waals surface area contributed by atoms with Gasteiger partial charge in [-0.15, -0.1) is 0 Å². The van der Waals surface area contributed by atoms with E-state index in [1.165, 1.54) is 27.2 Å². The van der Waals surface area contributed by atoms with Crippen LogP contribution in [-0.2, 0) is 0 Å². The van der Waals surface area contributed by atoms with Crippen LogP contribution in [0, 0.1) is 0 Å². The molecule has 1 saturated heterocycles. The molecule has 3 aromatic rings. The van der Waals surface area contributed by atoms with Crippen molar-refractivity contribution in [2.75, 3.05) is 32.7 Å².